The van der Waals surface area contributed by atoms with Crippen LogP contribution < -0.4 is 4.74 Å². The highest BCUT2D eigenvalue weighted by atomic mass is 79.9. The molecule has 0 aliphatic carbocycles. The Hall–Kier alpha value is -1.91. The summed E-state index contributed by atoms with van der Waals surface area (Å²) in [7, 11) is 0. The molecule has 0 fully saturated rings. The summed E-state index contributed by atoms with van der Waals surface area (Å²) >= 11 is 3.47. The number of aliphatic hydroxyl groups is 1. The van der Waals surface area contributed by atoms with E-state index < -0.39 is 0 Å². The Balaban J connectivity index is 1.97. The molecule has 106 valence electrons. The lowest BCUT2D eigenvalue weighted by Gasteiger charge is -2.10. The van der Waals surface area contributed by atoms with E-state index in [0.717, 1.165) is 20.8 Å². The van der Waals surface area contributed by atoms with E-state index in [1.54, 1.807) is 0 Å². The van der Waals surface area contributed by atoms with E-state index in [1.165, 1.54) is 0 Å². The molecule has 1 heterocycles. The van der Waals surface area contributed by atoms with Crippen LogP contribution in [0, 0.1) is 0 Å². The first-order valence-electron chi connectivity index (χ1n) is 6.63. The topological polar surface area (TPSA) is 42.4 Å². The number of hydrogen-bond donors (Lipinski definition) is 1. The molecule has 0 atom stereocenters. The second-order valence-electron chi connectivity index (χ2n) is 4.72. The van der Waals surface area contributed by atoms with Gasteiger partial charge in [0.1, 0.15) is 6.61 Å². The number of benzene rings is 2. The van der Waals surface area contributed by atoms with Gasteiger partial charge in [-0.3, -0.25) is 0 Å². The maximum atomic E-state index is 9.33. The number of hydrogen-bond acceptors (Lipinski definition) is 3. The van der Waals surface area contributed by atoms with Crippen molar-refractivity contribution in [1.29, 1.82) is 0 Å². The van der Waals surface area contributed by atoms with Crippen molar-refractivity contribution in [2.24, 2.45) is 0 Å². The molecule has 3 nitrogen and oxygen atoms in total. The van der Waals surface area contributed by atoms with Crippen LogP contribution >= 0.6 is 15.9 Å². The predicted octanol–water partition coefficient (Wildman–Crippen LogP) is 4.07. The van der Waals surface area contributed by atoms with Crippen LogP contribution in [-0.4, -0.2) is 10.1 Å². The molecule has 1 N–H and O–H groups in total. The molecule has 3 rings (SSSR count). The van der Waals surface area contributed by atoms with Crippen molar-refractivity contribution >= 4 is 26.7 Å². The third kappa shape index (κ3) is 3.23. The summed E-state index contributed by atoms with van der Waals surface area (Å²) in [6, 6.07) is 17.7. The van der Waals surface area contributed by atoms with Gasteiger partial charge in [-0.05, 0) is 29.1 Å². The van der Waals surface area contributed by atoms with Crippen LogP contribution in [0.2, 0.25) is 0 Å². The Labute approximate surface area is 131 Å². The zero-order valence-electron chi connectivity index (χ0n) is 11.3. The van der Waals surface area contributed by atoms with Gasteiger partial charge in [-0.15, -0.1) is 0 Å². The van der Waals surface area contributed by atoms with E-state index in [4.69, 9.17) is 4.74 Å². The number of pyridine rings is 1. The largest absolute Gasteiger partial charge is 0.472 e. The number of aromatic nitrogens is 1. The summed E-state index contributed by atoms with van der Waals surface area (Å²) in [5.41, 5.74) is 1.68. The fourth-order valence-electron chi connectivity index (χ4n) is 2.16. The quantitative estimate of drug-likeness (QED) is 0.776. The van der Waals surface area contributed by atoms with E-state index in [9.17, 15) is 5.11 Å². The molecule has 21 heavy (non-hydrogen) atoms. The van der Waals surface area contributed by atoms with Gasteiger partial charge < -0.3 is 9.84 Å². The van der Waals surface area contributed by atoms with Gasteiger partial charge in [0.2, 0.25) is 5.88 Å². The van der Waals surface area contributed by atoms with Crippen LogP contribution in [0.15, 0.2) is 59.1 Å². The van der Waals surface area contributed by atoms with Crippen molar-refractivity contribution in [3.63, 3.8) is 0 Å². The summed E-state index contributed by atoms with van der Waals surface area (Å²) in [5, 5.41) is 11.3. The molecule has 0 saturated carbocycles. The molecule has 0 amide bonds. The van der Waals surface area contributed by atoms with Gasteiger partial charge >= 0.3 is 0 Å². The van der Waals surface area contributed by atoms with Crippen molar-refractivity contribution in [3.8, 4) is 5.88 Å². The van der Waals surface area contributed by atoms with Crippen molar-refractivity contribution < 1.29 is 9.84 Å². The standard InChI is InChI=1S/C17H14BrNO2/c18-14-7-6-13-8-15(10-20)19-17(16(13)9-14)21-11-12-4-2-1-3-5-12/h1-9,20H,10-11H2. The fourth-order valence-corrected chi connectivity index (χ4v) is 2.52. The van der Waals surface area contributed by atoms with E-state index in [1.807, 2.05) is 54.6 Å². The molecule has 0 aliphatic heterocycles. The Morgan fingerprint density at radius 1 is 1.05 bits per heavy atom. The number of aliphatic hydroxyl groups excluding tert-OH is 1. The summed E-state index contributed by atoms with van der Waals surface area (Å²) in [5.74, 6) is 0.543. The van der Waals surface area contributed by atoms with Crippen LogP contribution in [0.25, 0.3) is 10.8 Å². The zero-order chi connectivity index (χ0) is 14.7. The van der Waals surface area contributed by atoms with Crippen molar-refractivity contribution in [1.82, 2.24) is 4.98 Å². The Morgan fingerprint density at radius 3 is 2.62 bits per heavy atom. The first-order valence-corrected chi connectivity index (χ1v) is 7.42. The molecule has 0 radical (unpaired) electrons. The van der Waals surface area contributed by atoms with Crippen molar-refractivity contribution in [2.45, 2.75) is 13.2 Å². The van der Waals surface area contributed by atoms with E-state index in [-0.39, 0.29) is 6.61 Å². The number of nitrogens with zero attached hydrogens (tertiary/aromatic N) is 1. The lowest BCUT2D eigenvalue weighted by molar-refractivity contribution is 0.267. The van der Waals surface area contributed by atoms with Crippen molar-refractivity contribution in [2.75, 3.05) is 0 Å². The first-order chi connectivity index (χ1) is 10.3. The van der Waals surface area contributed by atoms with Crippen LogP contribution in [0.3, 0.4) is 0 Å². The van der Waals surface area contributed by atoms with Gasteiger partial charge in [-0.2, -0.15) is 0 Å². The second-order valence-corrected chi connectivity index (χ2v) is 5.63. The summed E-state index contributed by atoms with van der Waals surface area (Å²) in [4.78, 5) is 4.38. The van der Waals surface area contributed by atoms with Crippen LogP contribution in [-0.2, 0) is 13.2 Å². The van der Waals surface area contributed by atoms with Crippen LogP contribution in [0.1, 0.15) is 11.3 Å². The Bertz CT molecular complexity index is 759. The SMILES string of the molecule is OCc1cc2ccc(Br)cc2c(OCc2ccccc2)n1. The maximum absolute atomic E-state index is 9.33. The number of halogens is 1. The molecule has 4 heteroatoms. The molecule has 0 aliphatic rings. The van der Waals surface area contributed by atoms with Gasteiger partial charge in [0.05, 0.1) is 12.3 Å². The molecule has 1 aromatic heterocycles. The smallest absolute Gasteiger partial charge is 0.222 e. The van der Waals surface area contributed by atoms with Gasteiger partial charge in [-0.25, -0.2) is 4.98 Å². The van der Waals surface area contributed by atoms with Crippen LogP contribution in [0.4, 0.5) is 0 Å². The van der Waals surface area contributed by atoms with E-state index >= 15 is 0 Å². The average molecular weight is 344 g/mol. The number of fused-ring (bicyclic) bond motifs is 1. The highest BCUT2D eigenvalue weighted by Crippen LogP contribution is 2.28. The summed E-state index contributed by atoms with van der Waals surface area (Å²) in [6.45, 7) is 0.345. The maximum Gasteiger partial charge on any atom is 0.222 e. The molecule has 0 saturated heterocycles. The van der Waals surface area contributed by atoms with E-state index in [2.05, 4.69) is 20.9 Å². The van der Waals surface area contributed by atoms with Crippen LogP contribution in [0.5, 0.6) is 5.88 Å². The van der Waals surface area contributed by atoms with E-state index in [0.29, 0.717) is 18.2 Å². The predicted molar refractivity (Wildman–Crippen MR) is 86.1 cm³/mol. The monoisotopic (exact) mass is 343 g/mol. The molecule has 3 aromatic rings. The average Bonchev–Trinajstić information content (AvgIpc) is 2.53. The number of rotatable bonds is 4. The molecular weight excluding hydrogens is 330 g/mol. The van der Waals surface area contributed by atoms with Crippen molar-refractivity contribution in [3.05, 3.63) is 70.3 Å². The number of ether oxygens (including phenoxy) is 1. The minimum Gasteiger partial charge on any atom is -0.472 e. The van der Waals surface area contributed by atoms with Gasteiger partial charge in [-0.1, -0.05) is 52.3 Å². The van der Waals surface area contributed by atoms with Gasteiger partial charge in [0.25, 0.3) is 0 Å². The molecule has 2 aromatic carbocycles. The molecule has 0 bridgehead atoms. The summed E-state index contributed by atoms with van der Waals surface area (Å²) < 4.78 is 6.83. The molecule has 0 unspecified atom stereocenters. The minimum atomic E-state index is -0.103. The highest BCUT2D eigenvalue weighted by Gasteiger charge is 2.08. The van der Waals surface area contributed by atoms with Gasteiger partial charge in [0.15, 0.2) is 0 Å². The lowest BCUT2D eigenvalue weighted by Crippen LogP contribution is -2.00. The third-order valence-electron chi connectivity index (χ3n) is 3.19. The second kappa shape index (κ2) is 6.24. The highest BCUT2D eigenvalue weighted by molar-refractivity contribution is 9.10. The lowest BCUT2D eigenvalue weighted by atomic mass is 10.1. The zero-order valence-corrected chi connectivity index (χ0v) is 12.9. The van der Waals surface area contributed by atoms with Gasteiger partial charge in [0, 0.05) is 9.86 Å². The molecular formula is C17H14BrNO2. The minimum absolute atomic E-state index is 0.103. The molecule has 0 spiro atoms. The Kier molecular flexibility index (Phi) is 4.18. The Morgan fingerprint density at radius 2 is 1.86 bits per heavy atom. The fraction of sp³-hybridized carbons (Fsp3) is 0.118. The summed E-state index contributed by atoms with van der Waals surface area (Å²) in [6.07, 6.45) is 0. The normalized spacial score (nSPS) is 10.8. The first kappa shape index (κ1) is 14.0. The third-order valence-corrected chi connectivity index (χ3v) is 3.69.